The zero-order chi connectivity index (χ0) is 22.2. The number of hydrogen-bond acceptors (Lipinski definition) is 4. The smallest absolute Gasteiger partial charge is 0.282 e. The predicted molar refractivity (Wildman–Crippen MR) is 127 cm³/mol. The third-order valence-corrected chi connectivity index (χ3v) is 6.84. The fourth-order valence-electron chi connectivity index (χ4n) is 3.16. The Hall–Kier alpha value is -2.74. The minimum absolute atomic E-state index is 0.0613. The Kier molecular flexibility index (Phi) is 5.83. The van der Waals surface area contributed by atoms with E-state index in [0.717, 1.165) is 10.0 Å². The number of Topliss-reactive ketones (excluding diaryl/α,β-unsaturated/α-hetero) is 1. The molecule has 0 heterocycles. The summed E-state index contributed by atoms with van der Waals surface area (Å²) in [6, 6.07) is 18.3. The van der Waals surface area contributed by atoms with Gasteiger partial charge >= 0.3 is 0 Å². The minimum Gasteiger partial charge on any atom is -0.352 e. The second-order valence-corrected chi connectivity index (χ2v) is 9.88. The molecular weight excluding hydrogens is 500 g/mol. The number of benzene rings is 3. The quantitative estimate of drug-likeness (QED) is 0.478. The molecule has 156 valence electrons. The van der Waals surface area contributed by atoms with Crippen LogP contribution in [0.2, 0.25) is 5.02 Å². The zero-order valence-electron chi connectivity index (χ0n) is 16.3. The molecule has 4 rings (SSSR count). The number of sulfonamides is 1. The van der Waals surface area contributed by atoms with Crippen LogP contribution in [0.5, 0.6) is 0 Å². The van der Waals surface area contributed by atoms with Gasteiger partial charge in [-0.3, -0.25) is 4.79 Å². The molecule has 0 atom stereocenters. The molecule has 3 aromatic carbocycles. The molecule has 8 heteroatoms. The van der Waals surface area contributed by atoms with Crippen LogP contribution < -0.4 is 5.32 Å². The van der Waals surface area contributed by atoms with Crippen LogP contribution in [0.25, 0.3) is 0 Å². The number of carbonyl (C=O) groups excluding carboxylic acids is 1. The Morgan fingerprint density at radius 1 is 0.968 bits per heavy atom. The van der Waals surface area contributed by atoms with E-state index >= 15 is 0 Å². The van der Waals surface area contributed by atoms with Crippen molar-refractivity contribution in [2.75, 3.05) is 5.32 Å². The normalized spacial score (nSPS) is 14.9. The minimum atomic E-state index is -3.99. The molecule has 1 N–H and O–H groups in total. The first kappa shape index (κ1) is 21.5. The molecule has 1 aliphatic carbocycles. The highest BCUT2D eigenvalue weighted by Gasteiger charge is 2.26. The van der Waals surface area contributed by atoms with Gasteiger partial charge in [0.2, 0.25) is 5.78 Å². The van der Waals surface area contributed by atoms with E-state index in [1.165, 1.54) is 18.2 Å². The van der Waals surface area contributed by atoms with Crippen LogP contribution in [0, 0.1) is 6.92 Å². The van der Waals surface area contributed by atoms with Crippen molar-refractivity contribution < 1.29 is 13.2 Å². The molecule has 3 aromatic rings. The highest BCUT2D eigenvalue weighted by Crippen LogP contribution is 2.27. The van der Waals surface area contributed by atoms with Gasteiger partial charge in [0.05, 0.1) is 16.3 Å². The van der Waals surface area contributed by atoms with Gasteiger partial charge in [0.1, 0.15) is 0 Å². The standard InChI is InChI=1S/C23H16BrClN2O3S/c1-14-6-9-16(25)12-20(14)26-22-13-21(18-4-2-3-5-19(18)23(22)28)27-31(29,30)17-10-7-15(24)8-11-17/h2-13,26H,1H3. The summed E-state index contributed by atoms with van der Waals surface area (Å²) in [5.74, 6) is -0.255. The Morgan fingerprint density at radius 3 is 2.35 bits per heavy atom. The molecule has 31 heavy (non-hydrogen) atoms. The van der Waals surface area contributed by atoms with E-state index in [1.807, 2.05) is 13.0 Å². The van der Waals surface area contributed by atoms with Crippen molar-refractivity contribution in [2.45, 2.75) is 11.8 Å². The number of halogens is 2. The lowest BCUT2D eigenvalue weighted by Crippen LogP contribution is -2.23. The molecule has 0 bridgehead atoms. The first-order valence-corrected chi connectivity index (χ1v) is 11.9. The number of nitrogens with one attached hydrogen (secondary N) is 1. The molecule has 0 amide bonds. The third kappa shape index (κ3) is 4.49. The molecule has 0 aromatic heterocycles. The maximum atomic E-state index is 13.1. The molecule has 0 saturated heterocycles. The van der Waals surface area contributed by atoms with E-state index in [4.69, 9.17) is 11.6 Å². The Morgan fingerprint density at radius 2 is 1.65 bits per heavy atom. The summed E-state index contributed by atoms with van der Waals surface area (Å²) in [7, 11) is -3.99. The highest BCUT2D eigenvalue weighted by molar-refractivity contribution is 9.10. The molecule has 1 aliphatic rings. The van der Waals surface area contributed by atoms with E-state index < -0.39 is 10.0 Å². The van der Waals surface area contributed by atoms with Crippen molar-refractivity contribution in [1.29, 1.82) is 0 Å². The maximum Gasteiger partial charge on any atom is 0.282 e. The monoisotopic (exact) mass is 514 g/mol. The number of hydrogen-bond donors (Lipinski definition) is 1. The lowest BCUT2D eigenvalue weighted by molar-refractivity contribution is 0.103. The first-order valence-electron chi connectivity index (χ1n) is 9.24. The molecule has 0 unspecified atom stereocenters. The summed E-state index contributed by atoms with van der Waals surface area (Å²) in [4.78, 5) is 13.1. The molecule has 0 fully saturated rings. The zero-order valence-corrected chi connectivity index (χ0v) is 19.4. The lowest BCUT2D eigenvalue weighted by Gasteiger charge is -2.19. The SMILES string of the molecule is Cc1ccc(Cl)cc1NC1=CC(=NS(=O)(=O)c2ccc(Br)cc2)c2ccccc2C1=O. The van der Waals surface area contributed by atoms with Gasteiger partial charge < -0.3 is 5.32 Å². The summed E-state index contributed by atoms with van der Waals surface area (Å²) < 4.78 is 30.6. The van der Waals surface area contributed by atoms with E-state index in [2.05, 4.69) is 25.6 Å². The van der Waals surface area contributed by atoms with Gasteiger partial charge in [-0.2, -0.15) is 12.8 Å². The second kappa shape index (κ2) is 8.42. The van der Waals surface area contributed by atoms with Gasteiger partial charge in [-0.1, -0.05) is 57.9 Å². The highest BCUT2D eigenvalue weighted by atomic mass is 79.9. The topological polar surface area (TPSA) is 75.6 Å². The van der Waals surface area contributed by atoms with Gasteiger partial charge in [0, 0.05) is 26.3 Å². The molecule has 0 radical (unpaired) electrons. The molecule has 0 aliphatic heterocycles. The van der Waals surface area contributed by atoms with Gasteiger partial charge in [-0.15, -0.1) is 0 Å². The number of allylic oxidation sites excluding steroid dienone is 2. The number of rotatable bonds is 4. The van der Waals surface area contributed by atoms with Crippen LogP contribution in [0.3, 0.4) is 0 Å². The van der Waals surface area contributed by atoms with E-state index in [9.17, 15) is 13.2 Å². The number of fused-ring (bicyclic) bond motifs is 1. The largest absolute Gasteiger partial charge is 0.352 e. The summed E-state index contributed by atoms with van der Waals surface area (Å²) in [5, 5.41) is 3.61. The van der Waals surface area contributed by atoms with Crippen molar-refractivity contribution in [3.8, 4) is 0 Å². The number of anilines is 1. The van der Waals surface area contributed by atoms with E-state index in [1.54, 1.807) is 48.5 Å². The van der Waals surface area contributed by atoms with Crippen molar-refractivity contribution in [3.63, 3.8) is 0 Å². The Balaban J connectivity index is 1.83. The molecule has 5 nitrogen and oxygen atoms in total. The molecular formula is C23H16BrClN2O3S. The summed E-state index contributed by atoms with van der Waals surface area (Å²) in [6.07, 6.45) is 1.46. The number of nitrogens with zero attached hydrogens (tertiary/aromatic N) is 1. The Labute approximate surface area is 193 Å². The van der Waals surface area contributed by atoms with Crippen molar-refractivity contribution >= 4 is 54.7 Å². The number of aryl methyl sites for hydroxylation is 1. The Bertz CT molecular complexity index is 1360. The van der Waals surface area contributed by atoms with E-state index in [0.29, 0.717) is 21.8 Å². The van der Waals surface area contributed by atoms with Crippen LogP contribution in [-0.4, -0.2) is 19.9 Å². The average Bonchev–Trinajstić information content (AvgIpc) is 2.74. The van der Waals surface area contributed by atoms with E-state index in [-0.39, 0.29) is 22.1 Å². The van der Waals surface area contributed by atoms with Gasteiger partial charge in [-0.05, 0) is 55.0 Å². The van der Waals surface area contributed by atoms with Crippen molar-refractivity contribution in [1.82, 2.24) is 0 Å². The number of carbonyl (C=O) groups is 1. The van der Waals surface area contributed by atoms with Gasteiger partial charge in [0.15, 0.2) is 0 Å². The lowest BCUT2D eigenvalue weighted by atomic mass is 9.92. The first-order chi connectivity index (χ1) is 14.7. The van der Waals surface area contributed by atoms with Crippen LogP contribution in [0.4, 0.5) is 5.69 Å². The van der Waals surface area contributed by atoms with Crippen LogP contribution in [0.1, 0.15) is 21.5 Å². The second-order valence-electron chi connectivity index (χ2n) is 6.92. The molecule has 0 saturated carbocycles. The van der Waals surface area contributed by atoms with Crippen molar-refractivity contribution in [3.05, 3.63) is 105 Å². The summed E-state index contributed by atoms with van der Waals surface area (Å²) >= 11 is 9.39. The fraction of sp³-hybridized carbons (Fsp3) is 0.0435. The van der Waals surface area contributed by atoms with Crippen LogP contribution >= 0.6 is 27.5 Å². The fourth-order valence-corrected chi connectivity index (χ4v) is 4.59. The predicted octanol–water partition coefficient (Wildman–Crippen LogP) is 5.78. The third-order valence-electron chi connectivity index (χ3n) is 4.77. The van der Waals surface area contributed by atoms with Gasteiger partial charge in [-0.25, -0.2) is 0 Å². The number of ketones is 1. The van der Waals surface area contributed by atoms with Crippen LogP contribution in [-0.2, 0) is 10.0 Å². The van der Waals surface area contributed by atoms with Crippen molar-refractivity contribution in [2.24, 2.45) is 4.40 Å². The molecule has 0 spiro atoms. The average molecular weight is 516 g/mol. The maximum absolute atomic E-state index is 13.1. The van der Waals surface area contributed by atoms with Crippen LogP contribution in [0.15, 0.2) is 92.3 Å². The summed E-state index contributed by atoms with van der Waals surface area (Å²) in [5.41, 5.74) is 2.77. The van der Waals surface area contributed by atoms with Gasteiger partial charge in [0.25, 0.3) is 10.0 Å². The summed E-state index contributed by atoms with van der Waals surface area (Å²) in [6.45, 7) is 1.88.